The van der Waals surface area contributed by atoms with E-state index in [1.165, 1.54) is 19.3 Å². The second-order valence-corrected chi connectivity index (χ2v) is 3.98. The molecule has 2 heteroatoms. The average Bonchev–Trinajstić information content (AvgIpc) is 2.62. The maximum Gasteiger partial charge on any atom is 0.109 e. The van der Waals surface area contributed by atoms with Gasteiger partial charge in [-0.15, -0.1) is 0 Å². The Labute approximate surface area is 67.2 Å². The van der Waals surface area contributed by atoms with Crippen LogP contribution in [0.25, 0.3) is 0 Å². The minimum Gasteiger partial charge on any atom is -0.390 e. The number of aliphatic hydroxyl groups is 2. The summed E-state index contributed by atoms with van der Waals surface area (Å²) < 4.78 is 0. The lowest BCUT2D eigenvalue weighted by Gasteiger charge is -2.24. The fourth-order valence-corrected chi connectivity index (χ4v) is 2.82. The summed E-state index contributed by atoms with van der Waals surface area (Å²) in [6.07, 6.45) is 4.46. The van der Waals surface area contributed by atoms with E-state index in [1.54, 1.807) is 0 Å². The summed E-state index contributed by atoms with van der Waals surface area (Å²) in [5.41, 5.74) is 0. The first-order valence-corrected chi connectivity index (χ1v) is 4.47. The van der Waals surface area contributed by atoms with Crippen LogP contribution in [0.15, 0.2) is 0 Å². The number of hydrogen-bond acceptors (Lipinski definition) is 2. The van der Waals surface area contributed by atoms with Crippen LogP contribution in [0.4, 0.5) is 0 Å². The Morgan fingerprint density at radius 2 is 2.09 bits per heavy atom. The Bertz CT molecular complexity index is 146. The van der Waals surface area contributed by atoms with E-state index < -0.39 is 6.10 Å². The molecular formula is C9H15O2. The molecule has 0 saturated heterocycles. The summed E-state index contributed by atoms with van der Waals surface area (Å²) in [6.45, 7) is 0.950. The first-order chi connectivity index (χ1) is 5.31. The molecule has 0 aromatic carbocycles. The van der Waals surface area contributed by atoms with Crippen molar-refractivity contribution >= 4 is 0 Å². The fraction of sp³-hybridized carbons (Fsp3) is 0.889. The highest BCUT2D eigenvalue weighted by Gasteiger charge is 2.42. The number of fused-ring (bicyclic) bond motifs is 2. The van der Waals surface area contributed by atoms with Gasteiger partial charge in [0.15, 0.2) is 0 Å². The van der Waals surface area contributed by atoms with Gasteiger partial charge in [-0.1, -0.05) is 6.42 Å². The molecule has 2 fully saturated rings. The normalized spacial score (nSPS) is 44.7. The van der Waals surface area contributed by atoms with Gasteiger partial charge in [-0.05, 0) is 37.0 Å². The van der Waals surface area contributed by atoms with Crippen molar-refractivity contribution in [3.05, 3.63) is 6.61 Å². The van der Waals surface area contributed by atoms with Crippen molar-refractivity contribution in [1.82, 2.24) is 0 Å². The van der Waals surface area contributed by atoms with Gasteiger partial charge in [0.1, 0.15) is 6.61 Å². The number of rotatable bonds is 2. The molecule has 2 aliphatic rings. The standard InChI is InChI=1S/C9H15O2/c10-5-9(11)8-4-6-1-2-7(8)3-6/h5-11H,1-4H2. The Morgan fingerprint density at radius 1 is 1.27 bits per heavy atom. The van der Waals surface area contributed by atoms with E-state index in [0.29, 0.717) is 11.8 Å². The highest BCUT2D eigenvalue weighted by molar-refractivity contribution is 4.94. The summed E-state index contributed by atoms with van der Waals surface area (Å²) >= 11 is 0. The molecule has 0 heterocycles. The zero-order valence-electron chi connectivity index (χ0n) is 6.61. The van der Waals surface area contributed by atoms with Crippen molar-refractivity contribution < 1.29 is 10.2 Å². The Kier molecular flexibility index (Phi) is 1.90. The van der Waals surface area contributed by atoms with Crippen molar-refractivity contribution in [3.8, 4) is 0 Å². The molecular weight excluding hydrogens is 140 g/mol. The first kappa shape index (κ1) is 7.56. The van der Waals surface area contributed by atoms with Crippen molar-refractivity contribution in [2.75, 3.05) is 0 Å². The highest BCUT2D eigenvalue weighted by atomic mass is 16.3. The molecule has 2 saturated carbocycles. The van der Waals surface area contributed by atoms with Gasteiger partial charge >= 0.3 is 0 Å². The van der Waals surface area contributed by atoms with Crippen LogP contribution >= 0.6 is 0 Å². The van der Waals surface area contributed by atoms with Crippen molar-refractivity contribution in [2.24, 2.45) is 17.8 Å². The molecule has 1 radical (unpaired) electrons. The van der Waals surface area contributed by atoms with E-state index in [0.717, 1.165) is 18.9 Å². The molecule has 2 nitrogen and oxygen atoms in total. The molecule has 63 valence electrons. The van der Waals surface area contributed by atoms with E-state index >= 15 is 0 Å². The third kappa shape index (κ3) is 1.18. The van der Waals surface area contributed by atoms with Gasteiger partial charge in [0.2, 0.25) is 0 Å². The maximum atomic E-state index is 9.37. The van der Waals surface area contributed by atoms with Crippen molar-refractivity contribution in [1.29, 1.82) is 0 Å². The highest BCUT2D eigenvalue weighted by Crippen LogP contribution is 2.49. The van der Waals surface area contributed by atoms with Crippen LogP contribution in [-0.2, 0) is 0 Å². The summed E-state index contributed by atoms with van der Waals surface area (Å²) in [6, 6.07) is 0. The van der Waals surface area contributed by atoms with Crippen molar-refractivity contribution in [3.63, 3.8) is 0 Å². The molecule has 0 aromatic heterocycles. The third-order valence-electron chi connectivity index (χ3n) is 3.38. The van der Waals surface area contributed by atoms with Gasteiger partial charge in [0.25, 0.3) is 0 Å². The van der Waals surface area contributed by atoms with Gasteiger partial charge in [-0.2, -0.15) is 0 Å². The van der Waals surface area contributed by atoms with E-state index in [4.69, 9.17) is 5.11 Å². The summed E-state index contributed by atoms with van der Waals surface area (Å²) in [5.74, 6) is 1.90. The summed E-state index contributed by atoms with van der Waals surface area (Å²) in [7, 11) is 0. The Morgan fingerprint density at radius 3 is 2.55 bits per heavy atom. The molecule has 2 bridgehead atoms. The minimum atomic E-state index is -0.565. The smallest absolute Gasteiger partial charge is 0.109 e. The van der Waals surface area contributed by atoms with Gasteiger partial charge in [-0.3, -0.25) is 0 Å². The van der Waals surface area contributed by atoms with Crippen LogP contribution in [0.3, 0.4) is 0 Å². The topological polar surface area (TPSA) is 40.5 Å². The SMILES string of the molecule is O[CH]C(O)C1CC2CCC1C2. The molecule has 2 aliphatic carbocycles. The lowest BCUT2D eigenvalue weighted by atomic mass is 9.85. The van der Waals surface area contributed by atoms with Crippen LogP contribution in [0.5, 0.6) is 0 Å². The van der Waals surface area contributed by atoms with E-state index in [2.05, 4.69) is 0 Å². The van der Waals surface area contributed by atoms with Crippen LogP contribution in [0, 0.1) is 24.4 Å². The van der Waals surface area contributed by atoms with Crippen LogP contribution in [-0.4, -0.2) is 16.3 Å². The van der Waals surface area contributed by atoms with Gasteiger partial charge in [0, 0.05) is 0 Å². The first-order valence-electron chi connectivity index (χ1n) is 4.47. The minimum absolute atomic E-state index is 0.360. The molecule has 4 atom stereocenters. The lowest BCUT2D eigenvalue weighted by Crippen LogP contribution is -2.25. The number of hydrogen-bond donors (Lipinski definition) is 2. The predicted octanol–water partition coefficient (Wildman–Crippen LogP) is 1.32. The Balaban J connectivity index is 1.96. The average molecular weight is 155 g/mol. The predicted molar refractivity (Wildman–Crippen MR) is 41.2 cm³/mol. The lowest BCUT2D eigenvalue weighted by molar-refractivity contribution is 0.0618. The molecule has 0 amide bonds. The van der Waals surface area contributed by atoms with Crippen LogP contribution in [0.1, 0.15) is 25.7 Å². The number of aliphatic hydroxyl groups excluding tert-OH is 2. The van der Waals surface area contributed by atoms with E-state index in [9.17, 15) is 5.11 Å². The molecule has 2 N–H and O–H groups in total. The molecule has 0 aromatic rings. The van der Waals surface area contributed by atoms with Crippen LogP contribution in [0.2, 0.25) is 0 Å². The van der Waals surface area contributed by atoms with Gasteiger partial charge in [0.05, 0.1) is 6.10 Å². The zero-order valence-corrected chi connectivity index (χ0v) is 6.61. The van der Waals surface area contributed by atoms with Crippen molar-refractivity contribution in [2.45, 2.75) is 31.8 Å². The molecule has 0 spiro atoms. The van der Waals surface area contributed by atoms with E-state index in [-0.39, 0.29) is 0 Å². The largest absolute Gasteiger partial charge is 0.390 e. The third-order valence-corrected chi connectivity index (χ3v) is 3.38. The second-order valence-electron chi connectivity index (χ2n) is 3.98. The molecule has 0 aliphatic heterocycles. The van der Waals surface area contributed by atoms with Crippen LogP contribution < -0.4 is 0 Å². The van der Waals surface area contributed by atoms with Gasteiger partial charge < -0.3 is 10.2 Å². The molecule has 11 heavy (non-hydrogen) atoms. The fourth-order valence-electron chi connectivity index (χ4n) is 2.82. The summed E-state index contributed by atoms with van der Waals surface area (Å²) in [4.78, 5) is 0. The molecule has 2 rings (SSSR count). The second kappa shape index (κ2) is 2.76. The zero-order chi connectivity index (χ0) is 7.84. The molecule has 4 unspecified atom stereocenters. The Hall–Kier alpha value is -0.0800. The maximum absolute atomic E-state index is 9.37. The summed E-state index contributed by atoms with van der Waals surface area (Å²) in [5, 5.41) is 18.0. The quantitative estimate of drug-likeness (QED) is 0.631. The van der Waals surface area contributed by atoms with E-state index in [1.807, 2.05) is 0 Å². The monoisotopic (exact) mass is 155 g/mol. The van der Waals surface area contributed by atoms with Gasteiger partial charge in [-0.25, -0.2) is 0 Å².